The zero-order valence-electron chi connectivity index (χ0n) is 10.6. The molecule has 0 aromatic heterocycles. The lowest BCUT2D eigenvalue weighted by molar-refractivity contribution is -0.147. The third-order valence-corrected chi connectivity index (χ3v) is 3.94. The van der Waals surface area contributed by atoms with Gasteiger partial charge in [0.15, 0.2) is 6.10 Å². The van der Waals surface area contributed by atoms with Crippen LogP contribution in [0.2, 0.25) is 0 Å². The van der Waals surface area contributed by atoms with Crippen LogP contribution in [0.5, 0.6) is 0 Å². The van der Waals surface area contributed by atoms with Gasteiger partial charge in [-0.25, -0.2) is 9.59 Å². The van der Waals surface area contributed by atoms with Gasteiger partial charge in [-0.3, -0.25) is 0 Å². The van der Waals surface area contributed by atoms with Crippen molar-refractivity contribution in [1.82, 2.24) is 10.6 Å². The molecule has 0 heterocycles. The van der Waals surface area contributed by atoms with E-state index in [4.69, 9.17) is 9.84 Å². The highest BCUT2D eigenvalue weighted by Gasteiger charge is 2.53. The summed E-state index contributed by atoms with van der Waals surface area (Å²) in [6, 6.07) is -0.315. The van der Waals surface area contributed by atoms with Crippen molar-refractivity contribution >= 4 is 12.0 Å². The van der Waals surface area contributed by atoms with Gasteiger partial charge in [0.1, 0.15) is 0 Å². The number of hydrogen-bond acceptors (Lipinski definition) is 3. The van der Waals surface area contributed by atoms with Crippen LogP contribution in [0.3, 0.4) is 0 Å². The van der Waals surface area contributed by atoms with Gasteiger partial charge in [0.2, 0.25) is 0 Å². The van der Waals surface area contributed by atoms with E-state index in [-0.39, 0.29) is 12.6 Å². The van der Waals surface area contributed by atoms with Gasteiger partial charge >= 0.3 is 12.0 Å². The van der Waals surface area contributed by atoms with Crippen LogP contribution >= 0.6 is 0 Å². The Kier molecular flexibility index (Phi) is 3.75. The summed E-state index contributed by atoms with van der Waals surface area (Å²) in [6.07, 6.45) is 3.98. The van der Waals surface area contributed by atoms with Crippen LogP contribution in [0, 0.1) is 11.3 Å². The van der Waals surface area contributed by atoms with E-state index in [0.29, 0.717) is 12.0 Å². The Balaban J connectivity index is 1.64. The molecule has 0 bridgehead atoms. The molecule has 0 saturated heterocycles. The molecule has 3 N–H and O–H groups in total. The Morgan fingerprint density at radius 3 is 2.50 bits per heavy atom. The number of rotatable bonds is 7. The standard InChI is InChI=1S/C12H20N2O4/c1-18-9(10(15)16)6-13-11(17)14-7-12(4-5-12)8-2-3-8/h8-9H,2-7H2,1H3,(H,15,16)(H2,13,14,17). The summed E-state index contributed by atoms with van der Waals surface area (Å²) in [7, 11) is 1.31. The van der Waals surface area contributed by atoms with Crippen LogP contribution in [-0.2, 0) is 9.53 Å². The number of carboxylic acids is 1. The van der Waals surface area contributed by atoms with Crippen LogP contribution in [0.15, 0.2) is 0 Å². The third-order valence-electron chi connectivity index (χ3n) is 3.94. The highest BCUT2D eigenvalue weighted by Crippen LogP contribution is 2.60. The highest BCUT2D eigenvalue weighted by molar-refractivity contribution is 5.76. The summed E-state index contributed by atoms with van der Waals surface area (Å²) in [5.41, 5.74) is 0.352. The number of hydrogen-bond donors (Lipinski definition) is 3. The fourth-order valence-electron chi connectivity index (χ4n) is 2.36. The van der Waals surface area contributed by atoms with E-state index in [0.717, 1.165) is 5.92 Å². The lowest BCUT2D eigenvalue weighted by Crippen LogP contribution is -2.44. The van der Waals surface area contributed by atoms with Gasteiger partial charge < -0.3 is 20.5 Å². The van der Waals surface area contributed by atoms with Crippen LogP contribution in [0.1, 0.15) is 25.7 Å². The fourth-order valence-corrected chi connectivity index (χ4v) is 2.36. The molecule has 2 fully saturated rings. The Hall–Kier alpha value is -1.30. The summed E-state index contributed by atoms with van der Waals surface area (Å²) in [5.74, 6) is -0.280. The zero-order valence-corrected chi connectivity index (χ0v) is 10.6. The maximum Gasteiger partial charge on any atom is 0.334 e. The van der Waals surface area contributed by atoms with Crippen LogP contribution in [-0.4, -0.2) is 43.4 Å². The number of aliphatic carboxylic acids is 1. The second kappa shape index (κ2) is 5.14. The molecule has 0 aliphatic heterocycles. The number of urea groups is 1. The first-order valence-corrected chi connectivity index (χ1v) is 6.35. The molecule has 2 aliphatic carbocycles. The second-order valence-electron chi connectivity index (χ2n) is 5.26. The quantitative estimate of drug-likeness (QED) is 0.621. The first-order valence-electron chi connectivity index (χ1n) is 6.35. The first kappa shape index (κ1) is 13.1. The average molecular weight is 256 g/mol. The molecule has 2 amide bonds. The lowest BCUT2D eigenvalue weighted by atomic mass is 10.0. The summed E-state index contributed by atoms with van der Waals surface area (Å²) >= 11 is 0. The maximum atomic E-state index is 11.5. The highest BCUT2D eigenvalue weighted by atomic mass is 16.5. The first-order chi connectivity index (χ1) is 8.57. The molecule has 2 rings (SSSR count). The minimum absolute atomic E-state index is 0.0197. The molecule has 0 aromatic carbocycles. The van der Waals surface area contributed by atoms with Gasteiger partial charge in [-0.15, -0.1) is 0 Å². The Morgan fingerprint density at radius 1 is 1.39 bits per heavy atom. The van der Waals surface area contributed by atoms with Crippen molar-refractivity contribution in [1.29, 1.82) is 0 Å². The van der Waals surface area contributed by atoms with Crippen molar-refractivity contribution < 1.29 is 19.4 Å². The zero-order chi connectivity index (χ0) is 13.2. The third kappa shape index (κ3) is 3.13. The van der Waals surface area contributed by atoms with Crippen molar-refractivity contribution in [2.75, 3.05) is 20.2 Å². The van der Waals surface area contributed by atoms with E-state index in [2.05, 4.69) is 10.6 Å². The van der Waals surface area contributed by atoms with Crippen molar-refractivity contribution in [3.63, 3.8) is 0 Å². The molecule has 2 saturated carbocycles. The van der Waals surface area contributed by atoms with Crippen LogP contribution < -0.4 is 10.6 Å². The number of nitrogens with one attached hydrogen (secondary N) is 2. The molecule has 102 valence electrons. The molecular weight excluding hydrogens is 236 g/mol. The molecule has 0 aromatic rings. The van der Waals surface area contributed by atoms with E-state index < -0.39 is 12.1 Å². The van der Waals surface area contributed by atoms with Crippen molar-refractivity contribution in [3.8, 4) is 0 Å². The van der Waals surface area contributed by atoms with E-state index in [1.54, 1.807) is 0 Å². The monoisotopic (exact) mass is 256 g/mol. The number of carbonyl (C=O) groups excluding carboxylic acids is 1. The molecule has 18 heavy (non-hydrogen) atoms. The topological polar surface area (TPSA) is 87.7 Å². The summed E-state index contributed by atoms with van der Waals surface area (Å²) < 4.78 is 4.73. The smallest absolute Gasteiger partial charge is 0.334 e. The van der Waals surface area contributed by atoms with Gasteiger partial charge in [-0.05, 0) is 37.0 Å². The SMILES string of the molecule is COC(CNC(=O)NCC1(C2CC2)CC1)C(=O)O. The van der Waals surface area contributed by atoms with Gasteiger partial charge in [-0.2, -0.15) is 0 Å². The number of carbonyl (C=O) groups is 2. The molecule has 6 nitrogen and oxygen atoms in total. The molecule has 1 unspecified atom stereocenters. The molecule has 0 spiro atoms. The van der Waals surface area contributed by atoms with E-state index in [1.165, 1.54) is 32.8 Å². The van der Waals surface area contributed by atoms with Gasteiger partial charge in [0, 0.05) is 13.7 Å². The number of ether oxygens (including phenoxy) is 1. The van der Waals surface area contributed by atoms with Gasteiger partial charge in [0.25, 0.3) is 0 Å². The predicted octanol–water partition coefficient (Wildman–Crippen LogP) is 0.575. The van der Waals surface area contributed by atoms with Gasteiger partial charge in [0.05, 0.1) is 6.54 Å². The van der Waals surface area contributed by atoms with E-state index in [1.807, 2.05) is 0 Å². The van der Waals surface area contributed by atoms with Gasteiger partial charge in [-0.1, -0.05) is 0 Å². The van der Waals surface area contributed by atoms with Crippen molar-refractivity contribution in [3.05, 3.63) is 0 Å². The number of methoxy groups -OCH3 is 1. The van der Waals surface area contributed by atoms with Crippen molar-refractivity contribution in [2.45, 2.75) is 31.8 Å². The largest absolute Gasteiger partial charge is 0.479 e. The minimum atomic E-state index is -1.07. The van der Waals surface area contributed by atoms with Crippen molar-refractivity contribution in [2.24, 2.45) is 11.3 Å². The molecular formula is C12H20N2O4. The molecule has 6 heteroatoms. The Labute approximate surface area is 106 Å². The number of amides is 2. The molecule has 2 aliphatic rings. The number of carboxylic acid groups (broad SMARTS) is 1. The van der Waals surface area contributed by atoms with Crippen LogP contribution in [0.25, 0.3) is 0 Å². The maximum absolute atomic E-state index is 11.5. The second-order valence-corrected chi connectivity index (χ2v) is 5.26. The molecule has 0 radical (unpaired) electrons. The summed E-state index contributed by atoms with van der Waals surface area (Å²) in [5, 5.41) is 14.1. The van der Waals surface area contributed by atoms with E-state index >= 15 is 0 Å². The Morgan fingerprint density at radius 2 is 2.06 bits per heavy atom. The fraction of sp³-hybridized carbons (Fsp3) is 0.833. The summed E-state index contributed by atoms with van der Waals surface area (Å²) in [4.78, 5) is 22.2. The Bertz CT molecular complexity index is 337. The molecule has 1 atom stereocenters. The predicted molar refractivity (Wildman–Crippen MR) is 64.2 cm³/mol. The minimum Gasteiger partial charge on any atom is -0.479 e. The summed E-state index contributed by atoms with van der Waals surface area (Å²) in [6.45, 7) is 0.683. The normalized spacial score (nSPS) is 22.1. The average Bonchev–Trinajstić information content (AvgIpc) is 3.17. The van der Waals surface area contributed by atoms with E-state index in [9.17, 15) is 9.59 Å². The van der Waals surface area contributed by atoms with Crippen LogP contribution in [0.4, 0.5) is 4.79 Å². The lowest BCUT2D eigenvalue weighted by Gasteiger charge is -2.16.